The van der Waals surface area contributed by atoms with Crippen LogP contribution < -0.4 is 20.1 Å². The maximum atomic E-state index is 12.2. The lowest BCUT2D eigenvalue weighted by molar-refractivity contribution is -0.123. The van der Waals surface area contributed by atoms with Crippen LogP contribution >= 0.6 is 0 Å². The highest BCUT2D eigenvalue weighted by Gasteiger charge is 2.27. The molecule has 0 aliphatic carbocycles. The van der Waals surface area contributed by atoms with Crippen molar-refractivity contribution in [1.29, 1.82) is 0 Å². The zero-order valence-electron chi connectivity index (χ0n) is 14.1. The van der Waals surface area contributed by atoms with Crippen molar-refractivity contribution in [1.82, 2.24) is 10.6 Å². The lowest BCUT2D eigenvalue weighted by Crippen LogP contribution is -2.51. The van der Waals surface area contributed by atoms with Gasteiger partial charge in [-0.2, -0.15) is 0 Å². The second-order valence-electron chi connectivity index (χ2n) is 5.49. The molecule has 136 valence electrons. The van der Waals surface area contributed by atoms with Crippen LogP contribution in [0, 0.1) is 0 Å². The van der Waals surface area contributed by atoms with E-state index in [1.807, 2.05) is 10.6 Å². The van der Waals surface area contributed by atoms with E-state index in [1.54, 1.807) is 42.5 Å². The zero-order valence-corrected chi connectivity index (χ0v) is 14.1. The topological polar surface area (TPSA) is 111 Å². The fraction of sp³-hybridized carbons (Fsp3) is 0.0526. The van der Waals surface area contributed by atoms with E-state index in [9.17, 15) is 19.2 Å². The fourth-order valence-electron chi connectivity index (χ4n) is 2.33. The van der Waals surface area contributed by atoms with Crippen LogP contribution in [0.4, 0.5) is 4.79 Å². The van der Waals surface area contributed by atoms with Crippen molar-refractivity contribution in [2.75, 3.05) is 7.11 Å². The smallest absolute Gasteiger partial charge is 0.343 e. The van der Waals surface area contributed by atoms with E-state index in [4.69, 9.17) is 9.47 Å². The Morgan fingerprint density at radius 2 is 1.59 bits per heavy atom. The lowest BCUT2D eigenvalue weighted by atomic mass is 10.1. The summed E-state index contributed by atoms with van der Waals surface area (Å²) in [5.41, 5.74) is 0.557. The molecule has 1 fully saturated rings. The standard InChI is InChI=1S/C19H14N2O6/c1-26-13-7-5-12(6-8-13)18(24)27-14-4-2-3-11(9-14)10-15-16(22)20-19(25)21-17(15)23/h2-10H,1H3,(H2,20,21,22,23,25). The number of amides is 4. The van der Waals surface area contributed by atoms with Crippen molar-refractivity contribution in [3.05, 3.63) is 65.2 Å². The third kappa shape index (κ3) is 4.18. The van der Waals surface area contributed by atoms with Crippen molar-refractivity contribution in [3.8, 4) is 11.5 Å². The summed E-state index contributed by atoms with van der Waals surface area (Å²) in [4.78, 5) is 46.8. The molecule has 1 aliphatic rings. The first kappa shape index (κ1) is 17.9. The molecule has 27 heavy (non-hydrogen) atoms. The van der Waals surface area contributed by atoms with Crippen LogP contribution in [0.5, 0.6) is 11.5 Å². The SMILES string of the molecule is COc1ccc(C(=O)Oc2cccc(C=C3C(=O)NC(=O)NC3=O)c2)cc1. The van der Waals surface area contributed by atoms with Gasteiger partial charge in [0.2, 0.25) is 0 Å². The normalized spacial score (nSPS) is 13.5. The molecule has 0 spiro atoms. The molecule has 2 N–H and O–H groups in total. The first-order chi connectivity index (χ1) is 13.0. The van der Waals surface area contributed by atoms with Gasteiger partial charge in [0.25, 0.3) is 11.8 Å². The highest BCUT2D eigenvalue weighted by Crippen LogP contribution is 2.19. The fourth-order valence-corrected chi connectivity index (χ4v) is 2.33. The average Bonchev–Trinajstić information content (AvgIpc) is 2.65. The molecule has 0 unspecified atom stereocenters. The number of barbiturate groups is 1. The summed E-state index contributed by atoms with van der Waals surface area (Å²) in [5.74, 6) is -1.32. The number of urea groups is 1. The minimum absolute atomic E-state index is 0.228. The molecule has 0 radical (unpaired) electrons. The van der Waals surface area contributed by atoms with Gasteiger partial charge in [0.05, 0.1) is 12.7 Å². The molecule has 0 aromatic heterocycles. The molecule has 0 bridgehead atoms. The molecule has 3 rings (SSSR count). The van der Waals surface area contributed by atoms with Gasteiger partial charge in [-0.15, -0.1) is 0 Å². The highest BCUT2D eigenvalue weighted by molar-refractivity contribution is 6.31. The highest BCUT2D eigenvalue weighted by atomic mass is 16.5. The summed E-state index contributed by atoms with van der Waals surface area (Å²) in [5, 5.41) is 3.97. The first-order valence-corrected chi connectivity index (χ1v) is 7.81. The van der Waals surface area contributed by atoms with Crippen molar-refractivity contribution >= 4 is 29.9 Å². The van der Waals surface area contributed by atoms with Gasteiger partial charge in [0.1, 0.15) is 17.1 Å². The number of rotatable bonds is 4. The third-order valence-electron chi connectivity index (χ3n) is 3.65. The van der Waals surface area contributed by atoms with Crippen LogP contribution in [0.25, 0.3) is 6.08 Å². The minimum Gasteiger partial charge on any atom is -0.497 e. The number of imide groups is 2. The van der Waals surface area contributed by atoms with Crippen molar-refractivity contribution in [2.24, 2.45) is 0 Å². The number of carbonyl (C=O) groups excluding carboxylic acids is 4. The molecule has 8 heteroatoms. The second kappa shape index (κ2) is 7.52. The Morgan fingerprint density at radius 3 is 2.22 bits per heavy atom. The van der Waals surface area contributed by atoms with Gasteiger partial charge >= 0.3 is 12.0 Å². The summed E-state index contributed by atoms with van der Waals surface area (Å²) in [6.45, 7) is 0. The van der Waals surface area contributed by atoms with Crippen LogP contribution in [-0.2, 0) is 9.59 Å². The summed E-state index contributed by atoms with van der Waals surface area (Å²) in [7, 11) is 1.52. The Balaban J connectivity index is 1.78. The van der Waals surface area contributed by atoms with Crippen LogP contribution in [0.15, 0.2) is 54.1 Å². The summed E-state index contributed by atoms with van der Waals surface area (Å²) in [6.07, 6.45) is 1.29. The molecule has 0 atom stereocenters. The first-order valence-electron chi connectivity index (χ1n) is 7.81. The summed E-state index contributed by atoms with van der Waals surface area (Å²) in [6, 6.07) is 11.8. The predicted molar refractivity (Wildman–Crippen MR) is 94.1 cm³/mol. The van der Waals surface area contributed by atoms with E-state index < -0.39 is 23.8 Å². The molecule has 8 nitrogen and oxygen atoms in total. The number of nitrogens with one attached hydrogen (secondary N) is 2. The minimum atomic E-state index is -0.871. The van der Waals surface area contributed by atoms with Crippen LogP contribution in [0.2, 0.25) is 0 Å². The Morgan fingerprint density at radius 1 is 0.926 bits per heavy atom. The Hall–Kier alpha value is -3.94. The molecule has 2 aromatic rings. The molecule has 1 aliphatic heterocycles. The van der Waals surface area contributed by atoms with Crippen molar-refractivity contribution in [2.45, 2.75) is 0 Å². The van der Waals surface area contributed by atoms with Crippen molar-refractivity contribution < 1.29 is 28.7 Å². The Labute approximate surface area is 153 Å². The number of hydrogen-bond acceptors (Lipinski definition) is 6. The molecular weight excluding hydrogens is 352 g/mol. The van der Waals surface area contributed by atoms with Gasteiger partial charge in [-0.1, -0.05) is 12.1 Å². The third-order valence-corrected chi connectivity index (χ3v) is 3.65. The number of benzene rings is 2. The number of esters is 1. The van der Waals surface area contributed by atoms with Crippen LogP contribution in [-0.4, -0.2) is 30.9 Å². The maximum absolute atomic E-state index is 12.2. The molecule has 1 saturated heterocycles. The second-order valence-corrected chi connectivity index (χ2v) is 5.49. The predicted octanol–water partition coefficient (Wildman–Crippen LogP) is 1.66. The zero-order chi connectivity index (χ0) is 19.4. The van der Waals surface area contributed by atoms with Gasteiger partial charge in [-0.3, -0.25) is 20.2 Å². The van der Waals surface area contributed by atoms with E-state index in [1.165, 1.54) is 19.3 Å². The number of carbonyl (C=O) groups is 4. The number of methoxy groups -OCH3 is 1. The molecule has 0 saturated carbocycles. The van der Waals surface area contributed by atoms with Gasteiger partial charge in [-0.25, -0.2) is 9.59 Å². The van der Waals surface area contributed by atoms with Crippen LogP contribution in [0.1, 0.15) is 15.9 Å². The van der Waals surface area contributed by atoms with E-state index in [2.05, 4.69) is 0 Å². The molecular formula is C19H14N2O6. The maximum Gasteiger partial charge on any atom is 0.343 e. The van der Waals surface area contributed by atoms with E-state index >= 15 is 0 Å². The molecule has 2 aromatic carbocycles. The average molecular weight is 366 g/mol. The van der Waals surface area contributed by atoms with E-state index in [0.717, 1.165) is 0 Å². The van der Waals surface area contributed by atoms with Gasteiger partial charge in [0, 0.05) is 0 Å². The van der Waals surface area contributed by atoms with E-state index in [0.29, 0.717) is 16.9 Å². The lowest BCUT2D eigenvalue weighted by Gasteiger charge is -2.14. The number of hydrogen-bond donors (Lipinski definition) is 2. The Kier molecular flexibility index (Phi) is 4.98. The molecule has 1 heterocycles. The Bertz CT molecular complexity index is 940. The van der Waals surface area contributed by atoms with E-state index in [-0.39, 0.29) is 11.3 Å². The van der Waals surface area contributed by atoms with Gasteiger partial charge in [0.15, 0.2) is 0 Å². The number of ether oxygens (including phenoxy) is 2. The van der Waals surface area contributed by atoms with Gasteiger partial charge in [-0.05, 0) is 48.0 Å². The quantitative estimate of drug-likeness (QED) is 0.369. The van der Waals surface area contributed by atoms with Crippen LogP contribution in [0.3, 0.4) is 0 Å². The largest absolute Gasteiger partial charge is 0.497 e. The van der Waals surface area contributed by atoms with Crippen molar-refractivity contribution in [3.63, 3.8) is 0 Å². The van der Waals surface area contributed by atoms with Gasteiger partial charge < -0.3 is 9.47 Å². The monoisotopic (exact) mass is 366 g/mol. The summed E-state index contributed by atoms with van der Waals surface area (Å²) >= 11 is 0. The summed E-state index contributed by atoms with van der Waals surface area (Å²) < 4.78 is 10.3. The molecule has 4 amide bonds.